The molecule has 2 nitrogen and oxygen atoms in total. The normalized spacial score (nSPS) is 18.8. The molecule has 0 radical (unpaired) electrons. The Bertz CT molecular complexity index is 541. The Kier molecular flexibility index (Phi) is 5.98. The van der Waals surface area contributed by atoms with E-state index < -0.39 is 41.2 Å². The Hall–Kier alpha value is -0.990. The minimum absolute atomic E-state index is 0. The molecule has 23 heavy (non-hydrogen) atoms. The first kappa shape index (κ1) is 20.1. The summed E-state index contributed by atoms with van der Waals surface area (Å²) in [6.07, 6.45) is -8.87. The minimum Gasteiger partial charge on any atom is -0.391 e. The maximum Gasteiger partial charge on any atom is 0.416 e. The van der Waals surface area contributed by atoms with Crippen molar-refractivity contribution in [2.75, 3.05) is 0 Å². The fraction of sp³-hybridized carbons (Fsp3) is 0.571. The second kappa shape index (κ2) is 6.86. The van der Waals surface area contributed by atoms with E-state index in [9.17, 15) is 31.4 Å². The van der Waals surface area contributed by atoms with Crippen LogP contribution < -0.4 is 5.73 Å². The van der Waals surface area contributed by atoms with E-state index in [-0.39, 0.29) is 18.3 Å². The zero-order valence-electron chi connectivity index (χ0n) is 11.8. The van der Waals surface area contributed by atoms with E-state index in [2.05, 4.69) is 0 Å². The zero-order chi connectivity index (χ0) is 16.7. The van der Waals surface area contributed by atoms with Crippen molar-refractivity contribution in [3.05, 3.63) is 34.9 Å². The molecule has 0 heterocycles. The number of halogens is 7. The van der Waals surface area contributed by atoms with E-state index in [1.54, 1.807) is 0 Å². The van der Waals surface area contributed by atoms with Crippen molar-refractivity contribution in [1.29, 1.82) is 0 Å². The first-order valence-corrected chi connectivity index (χ1v) is 6.74. The topological polar surface area (TPSA) is 46.2 Å². The monoisotopic (exact) mass is 363 g/mol. The summed E-state index contributed by atoms with van der Waals surface area (Å²) in [6.45, 7) is 0. The van der Waals surface area contributed by atoms with Gasteiger partial charge in [0.25, 0.3) is 0 Å². The third-order valence-corrected chi connectivity index (χ3v) is 4.04. The molecule has 1 aromatic rings. The number of aliphatic hydroxyl groups excluding tert-OH is 1. The van der Waals surface area contributed by atoms with E-state index in [0.717, 1.165) is 6.42 Å². The van der Waals surface area contributed by atoms with Gasteiger partial charge in [-0.2, -0.15) is 26.3 Å². The average Bonchev–Trinajstić information content (AvgIpc) is 2.32. The van der Waals surface area contributed by atoms with Crippen molar-refractivity contribution in [2.24, 2.45) is 11.7 Å². The molecule has 0 saturated heterocycles. The fourth-order valence-corrected chi connectivity index (χ4v) is 2.53. The highest BCUT2D eigenvalue weighted by Crippen LogP contribution is 2.41. The summed E-state index contributed by atoms with van der Waals surface area (Å²) in [6, 6.07) is -0.389. The molecule has 1 fully saturated rings. The van der Waals surface area contributed by atoms with Crippen LogP contribution in [0.4, 0.5) is 26.3 Å². The van der Waals surface area contributed by atoms with Crippen LogP contribution in [0.1, 0.15) is 42.0 Å². The SMILES string of the molecule is Cl.N[C@H](c1cc(C(F)(F)F)ccc1C(F)(F)F)[C@@H](O)C1CCC1. The summed E-state index contributed by atoms with van der Waals surface area (Å²) in [4.78, 5) is 0. The number of alkyl halides is 6. The third kappa shape index (κ3) is 4.30. The molecule has 2 atom stereocenters. The predicted molar refractivity (Wildman–Crippen MR) is 74.0 cm³/mol. The van der Waals surface area contributed by atoms with Gasteiger partial charge in [0.05, 0.1) is 23.3 Å². The summed E-state index contributed by atoms with van der Waals surface area (Å²) in [7, 11) is 0. The first-order valence-electron chi connectivity index (χ1n) is 6.74. The standard InChI is InChI=1S/C14H15F6NO.ClH/c15-13(16,17)8-4-5-10(14(18,19)20)9(6-8)11(21)12(22)7-2-1-3-7;/h4-7,11-12,22H,1-3,21H2;1H/t11-,12+;/m1./s1. The molecular weight excluding hydrogens is 348 g/mol. The molecule has 1 aliphatic carbocycles. The number of hydrogen-bond donors (Lipinski definition) is 2. The van der Waals surface area contributed by atoms with Gasteiger partial charge in [-0.1, -0.05) is 6.42 Å². The molecule has 0 unspecified atom stereocenters. The minimum atomic E-state index is -4.84. The highest BCUT2D eigenvalue weighted by Gasteiger charge is 2.40. The maximum absolute atomic E-state index is 13.0. The Morgan fingerprint density at radius 2 is 1.61 bits per heavy atom. The van der Waals surface area contributed by atoms with Crippen LogP contribution in [0.25, 0.3) is 0 Å². The van der Waals surface area contributed by atoms with Crippen LogP contribution >= 0.6 is 12.4 Å². The molecule has 0 aliphatic heterocycles. The van der Waals surface area contributed by atoms with Crippen molar-refractivity contribution in [2.45, 2.75) is 43.8 Å². The molecule has 9 heteroatoms. The molecule has 2 rings (SSSR count). The Labute approximate surface area is 135 Å². The number of hydrogen-bond acceptors (Lipinski definition) is 2. The van der Waals surface area contributed by atoms with Gasteiger partial charge < -0.3 is 10.8 Å². The highest BCUT2D eigenvalue weighted by molar-refractivity contribution is 5.85. The summed E-state index contributed by atoms with van der Waals surface area (Å²) in [5.74, 6) is -0.273. The first-order chi connectivity index (χ1) is 10.0. The van der Waals surface area contributed by atoms with Crippen LogP contribution in [-0.4, -0.2) is 11.2 Å². The quantitative estimate of drug-likeness (QED) is 0.786. The molecule has 1 saturated carbocycles. The van der Waals surface area contributed by atoms with Gasteiger partial charge >= 0.3 is 12.4 Å². The van der Waals surface area contributed by atoms with E-state index in [1.165, 1.54) is 0 Å². The van der Waals surface area contributed by atoms with Gasteiger partial charge in [0.15, 0.2) is 0 Å². The molecule has 1 aromatic carbocycles. The van der Waals surface area contributed by atoms with Crippen LogP contribution in [0.5, 0.6) is 0 Å². The second-order valence-corrected chi connectivity index (χ2v) is 5.50. The molecule has 0 amide bonds. The van der Waals surface area contributed by atoms with Crippen LogP contribution in [0, 0.1) is 5.92 Å². The second-order valence-electron chi connectivity index (χ2n) is 5.50. The number of nitrogens with two attached hydrogens (primary N) is 1. The predicted octanol–water partition coefficient (Wildman–Crippen LogP) is 4.31. The van der Waals surface area contributed by atoms with E-state index in [4.69, 9.17) is 5.73 Å². The summed E-state index contributed by atoms with van der Waals surface area (Å²) in [5.41, 5.74) is 2.46. The van der Waals surface area contributed by atoms with Gasteiger partial charge in [0.2, 0.25) is 0 Å². The Balaban J connectivity index is 0.00000264. The van der Waals surface area contributed by atoms with Gasteiger partial charge in [-0.05, 0) is 42.5 Å². The largest absolute Gasteiger partial charge is 0.416 e. The van der Waals surface area contributed by atoms with Gasteiger partial charge in [-0.15, -0.1) is 12.4 Å². The van der Waals surface area contributed by atoms with Gasteiger partial charge in [-0.25, -0.2) is 0 Å². The average molecular weight is 364 g/mol. The third-order valence-electron chi connectivity index (χ3n) is 4.04. The van der Waals surface area contributed by atoms with Gasteiger partial charge in [0, 0.05) is 0 Å². The Morgan fingerprint density at radius 1 is 1.04 bits per heavy atom. The molecule has 0 aromatic heterocycles. The lowest BCUT2D eigenvalue weighted by atomic mass is 9.77. The van der Waals surface area contributed by atoms with Crippen molar-refractivity contribution < 1.29 is 31.4 Å². The van der Waals surface area contributed by atoms with Gasteiger partial charge in [0.1, 0.15) is 0 Å². The summed E-state index contributed by atoms with van der Waals surface area (Å²) < 4.78 is 77.1. The summed E-state index contributed by atoms with van der Waals surface area (Å²) in [5, 5.41) is 10.0. The molecular formula is C14H16ClF6NO. The lowest BCUT2D eigenvalue weighted by molar-refractivity contribution is -0.142. The van der Waals surface area contributed by atoms with Crippen LogP contribution in [0.3, 0.4) is 0 Å². The van der Waals surface area contributed by atoms with E-state index in [0.29, 0.717) is 31.0 Å². The molecule has 1 aliphatic rings. The van der Waals surface area contributed by atoms with E-state index >= 15 is 0 Å². The van der Waals surface area contributed by atoms with Crippen LogP contribution in [0.15, 0.2) is 18.2 Å². The van der Waals surface area contributed by atoms with Crippen LogP contribution in [0.2, 0.25) is 0 Å². The van der Waals surface area contributed by atoms with Crippen LogP contribution in [-0.2, 0) is 12.4 Å². The fourth-order valence-electron chi connectivity index (χ4n) is 2.53. The smallest absolute Gasteiger partial charge is 0.391 e. The molecule has 0 spiro atoms. The number of benzene rings is 1. The lowest BCUT2D eigenvalue weighted by Gasteiger charge is -2.34. The van der Waals surface area contributed by atoms with E-state index in [1.807, 2.05) is 0 Å². The van der Waals surface area contributed by atoms with Crippen molar-refractivity contribution in [3.8, 4) is 0 Å². The zero-order valence-corrected chi connectivity index (χ0v) is 12.6. The molecule has 132 valence electrons. The number of aliphatic hydroxyl groups is 1. The molecule has 3 N–H and O–H groups in total. The van der Waals surface area contributed by atoms with Crippen molar-refractivity contribution in [1.82, 2.24) is 0 Å². The van der Waals surface area contributed by atoms with Gasteiger partial charge in [-0.3, -0.25) is 0 Å². The lowest BCUT2D eigenvalue weighted by Crippen LogP contribution is -2.37. The summed E-state index contributed by atoms with van der Waals surface area (Å²) >= 11 is 0. The van der Waals surface area contributed by atoms with Crippen molar-refractivity contribution >= 4 is 12.4 Å². The Morgan fingerprint density at radius 3 is 2.00 bits per heavy atom. The molecule has 0 bridgehead atoms. The number of rotatable bonds is 3. The maximum atomic E-state index is 13.0. The highest BCUT2D eigenvalue weighted by atomic mass is 35.5. The van der Waals surface area contributed by atoms with Crippen molar-refractivity contribution in [3.63, 3.8) is 0 Å².